The molecule has 180 valence electrons. The largest absolute Gasteiger partial charge is 0.444 e. The highest BCUT2D eigenvalue weighted by atomic mass is 32.2. The Morgan fingerprint density at radius 1 is 1.15 bits per heavy atom. The molecule has 1 aromatic carbocycles. The molecule has 10 heteroatoms. The first-order chi connectivity index (χ1) is 15.5. The van der Waals surface area contributed by atoms with Crippen molar-refractivity contribution in [3.05, 3.63) is 46.2 Å². The summed E-state index contributed by atoms with van der Waals surface area (Å²) in [6, 6.07) is 8.59. The minimum Gasteiger partial charge on any atom is -0.444 e. The van der Waals surface area contributed by atoms with Crippen LogP contribution in [0, 0.1) is 0 Å². The molecule has 1 saturated heterocycles. The zero-order valence-corrected chi connectivity index (χ0v) is 21.1. The van der Waals surface area contributed by atoms with Crippen LogP contribution in [0.1, 0.15) is 55.3 Å². The molecule has 33 heavy (non-hydrogen) atoms. The Hall–Kier alpha value is -2.43. The lowest BCUT2D eigenvalue weighted by molar-refractivity contribution is 0.0285. The van der Waals surface area contributed by atoms with Gasteiger partial charge < -0.3 is 15.0 Å². The van der Waals surface area contributed by atoms with Crippen molar-refractivity contribution >= 4 is 39.0 Å². The Bertz CT molecular complexity index is 1100. The molecule has 1 N–H and O–H groups in total. The molecule has 0 unspecified atom stereocenters. The van der Waals surface area contributed by atoms with E-state index in [9.17, 15) is 18.0 Å². The molecule has 2 amide bonds. The Kier molecular flexibility index (Phi) is 7.81. The van der Waals surface area contributed by atoms with Crippen molar-refractivity contribution in [1.29, 1.82) is 0 Å². The van der Waals surface area contributed by atoms with Crippen LogP contribution in [0.3, 0.4) is 0 Å². The van der Waals surface area contributed by atoms with Gasteiger partial charge in [0, 0.05) is 32.4 Å². The van der Waals surface area contributed by atoms with Gasteiger partial charge in [-0.1, -0.05) is 18.6 Å². The van der Waals surface area contributed by atoms with Gasteiger partial charge >= 0.3 is 6.09 Å². The third kappa shape index (κ3) is 6.55. The topological polar surface area (TPSA) is 96.0 Å². The average molecular weight is 494 g/mol. The van der Waals surface area contributed by atoms with Crippen LogP contribution in [0.25, 0.3) is 0 Å². The highest BCUT2D eigenvalue weighted by molar-refractivity contribution is 7.89. The molecule has 0 aliphatic carbocycles. The van der Waals surface area contributed by atoms with Gasteiger partial charge in [-0.2, -0.15) is 4.31 Å². The van der Waals surface area contributed by atoms with Crippen molar-refractivity contribution in [3.63, 3.8) is 0 Å². The maximum Gasteiger partial charge on any atom is 0.410 e. The lowest BCUT2D eigenvalue weighted by atomic mass is 10.2. The van der Waals surface area contributed by atoms with Gasteiger partial charge in [-0.3, -0.25) is 4.79 Å². The number of ether oxygens (including phenoxy) is 1. The van der Waals surface area contributed by atoms with Gasteiger partial charge in [-0.25, -0.2) is 13.2 Å². The normalized spacial score (nSPS) is 15.2. The monoisotopic (exact) mass is 493 g/mol. The number of benzene rings is 1. The highest BCUT2D eigenvalue weighted by Gasteiger charge is 2.31. The van der Waals surface area contributed by atoms with Crippen LogP contribution >= 0.6 is 11.3 Å². The predicted octanol–water partition coefficient (Wildman–Crippen LogP) is 4.54. The van der Waals surface area contributed by atoms with Crippen LogP contribution in [0.5, 0.6) is 0 Å². The molecule has 1 fully saturated rings. The fourth-order valence-corrected chi connectivity index (χ4v) is 6.34. The predicted molar refractivity (Wildman–Crippen MR) is 129 cm³/mol. The second-order valence-corrected chi connectivity index (χ2v) is 11.9. The van der Waals surface area contributed by atoms with Crippen molar-refractivity contribution in [3.8, 4) is 0 Å². The maximum atomic E-state index is 13.1. The van der Waals surface area contributed by atoms with E-state index in [1.165, 1.54) is 15.3 Å². The third-order valence-electron chi connectivity index (χ3n) is 5.08. The quantitative estimate of drug-likeness (QED) is 0.637. The van der Waals surface area contributed by atoms with Crippen LogP contribution in [-0.4, -0.2) is 55.4 Å². The molecule has 8 nitrogen and oxygen atoms in total. The number of carbonyl (C=O) groups is 2. The van der Waals surface area contributed by atoms with Crippen LogP contribution < -0.4 is 5.32 Å². The molecule has 2 heterocycles. The molecule has 0 atom stereocenters. The van der Waals surface area contributed by atoms with Crippen molar-refractivity contribution in [1.82, 2.24) is 9.21 Å². The molecule has 1 aromatic heterocycles. The van der Waals surface area contributed by atoms with E-state index in [-0.39, 0.29) is 9.77 Å². The van der Waals surface area contributed by atoms with Crippen molar-refractivity contribution < 1.29 is 22.7 Å². The van der Waals surface area contributed by atoms with E-state index in [1.807, 2.05) is 6.07 Å². The second kappa shape index (κ2) is 10.2. The van der Waals surface area contributed by atoms with Gasteiger partial charge in [0.1, 0.15) is 15.4 Å². The maximum absolute atomic E-state index is 13.1. The molecule has 0 saturated carbocycles. The van der Waals surface area contributed by atoms with Crippen molar-refractivity contribution in [2.24, 2.45) is 0 Å². The number of piperidine rings is 1. The SMILES string of the molecule is CN(Cc1cccc(NC(=O)c2sccc2S(=O)(=O)N2CCCCC2)c1)C(=O)OC(C)(C)C. The minimum atomic E-state index is -3.71. The summed E-state index contributed by atoms with van der Waals surface area (Å²) in [5, 5.41) is 4.42. The average Bonchev–Trinajstić information content (AvgIpc) is 3.24. The molecule has 3 rings (SSSR count). The molecule has 0 radical (unpaired) electrons. The number of rotatable bonds is 6. The summed E-state index contributed by atoms with van der Waals surface area (Å²) in [6.07, 6.45) is 2.23. The Labute approximate surface area is 199 Å². The molecule has 1 aliphatic rings. The van der Waals surface area contributed by atoms with Crippen LogP contribution in [0.4, 0.5) is 10.5 Å². The number of hydrogen-bond donors (Lipinski definition) is 1. The standard InChI is InChI=1S/C23H31N3O5S2/c1-23(2,3)31-22(28)25(4)16-17-9-8-10-18(15-17)24-21(27)20-19(11-14-32-20)33(29,30)26-12-6-5-7-13-26/h8-11,14-15H,5-7,12-13,16H2,1-4H3,(H,24,27). The highest BCUT2D eigenvalue weighted by Crippen LogP contribution is 2.28. The third-order valence-corrected chi connectivity index (χ3v) is 8.06. The van der Waals surface area contributed by atoms with Gasteiger partial charge in [-0.05, 0) is 62.8 Å². The Morgan fingerprint density at radius 2 is 1.85 bits per heavy atom. The zero-order chi connectivity index (χ0) is 24.2. The first kappa shape index (κ1) is 25.2. The number of amides is 2. The van der Waals surface area contributed by atoms with Crippen LogP contribution in [-0.2, 0) is 21.3 Å². The summed E-state index contributed by atoms with van der Waals surface area (Å²) in [4.78, 5) is 26.8. The summed E-state index contributed by atoms with van der Waals surface area (Å²) in [5.41, 5.74) is 0.729. The molecule has 2 aromatic rings. The molecular formula is C23H31N3O5S2. The minimum absolute atomic E-state index is 0.0488. The van der Waals surface area contributed by atoms with E-state index < -0.39 is 27.6 Å². The van der Waals surface area contributed by atoms with Gasteiger partial charge in [0.15, 0.2) is 0 Å². The summed E-state index contributed by atoms with van der Waals surface area (Å²) in [6.45, 7) is 6.67. The first-order valence-corrected chi connectivity index (χ1v) is 13.2. The Balaban J connectivity index is 1.71. The van der Waals surface area contributed by atoms with Crippen molar-refractivity contribution in [2.75, 3.05) is 25.5 Å². The first-order valence-electron chi connectivity index (χ1n) is 10.9. The van der Waals surface area contributed by atoms with E-state index in [0.29, 0.717) is 25.3 Å². The van der Waals surface area contributed by atoms with Crippen LogP contribution in [0.15, 0.2) is 40.6 Å². The van der Waals surface area contributed by atoms with Gasteiger partial charge in [-0.15, -0.1) is 11.3 Å². The zero-order valence-electron chi connectivity index (χ0n) is 19.5. The lowest BCUT2D eigenvalue weighted by Gasteiger charge is -2.25. The van der Waals surface area contributed by atoms with Gasteiger partial charge in [0.2, 0.25) is 10.0 Å². The van der Waals surface area contributed by atoms with E-state index >= 15 is 0 Å². The summed E-state index contributed by atoms with van der Waals surface area (Å²) in [5.74, 6) is -0.474. The van der Waals surface area contributed by atoms with E-state index in [0.717, 1.165) is 36.2 Å². The van der Waals surface area contributed by atoms with Crippen molar-refractivity contribution in [2.45, 2.75) is 57.1 Å². The number of nitrogens with one attached hydrogen (secondary N) is 1. The summed E-state index contributed by atoms with van der Waals surface area (Å²) < 4.78 is 33.0. The summed E-state index contributed by atoms with van der Waals surface area (Å²) in [7, 11) is -2.07. The van der Waals surface area contributed by atoms with E-state index in [4.69, 9.17) is 4.74 Å². The number of anilines is 1. The molecular weight excluding hydrogens is 462 g/mol. The summed E-state index contributed by atoms with van der Waals surface area (Å²) >= 11 is 1.10. The van der Waals surface area contributed by atoms with Gasteiger partial charge in [0.25, 0.3) is 5.91 Å². The molecule has 0 spiro atoms. The molecule has 0 bridgehead atoms. The number of carbonyl (C=O) groups excluding carboxylic acids is 2. The smallest absolute Gasteiger partial charge is 0.410 e. The van der Waals surface area contributed by atoms with Crippen LogP contribution in [0.2, 0.25) is 0 Å². The number of nitrogens with zero attached hydrogens (tertiary/aromatic N) is 2. The van der Waals surface area contributed by atoms with E-state index in [2.05, 4.69) is 5.32 Å². The Morgan fingerprint density at radius 3 is 2.52 bits per heavy atom. The fourth-order valence-electron chi connectivity index (χ4n) is 3.52. The number of sulfonamides is 1. The number of hydrogen-bond acceptors (Lipinski definition) is 6. The van der Waals surface area contributed by atoms with Gasteiger partial charge in [0.05, 0.1) is 0 Å². The van der Waals surface area contributed by atoms with E-state index in [1.54, 1.807) is 51.4 Å². The lowest BCUT2D eigenvalue weighted by Crippen LogP contribution is -2.36. The second-order valence-electron chi connectivity index (χ2n) is 9.07. The number of thiophene rings is 1. The fraction of sp³-hybridized carbons (Fsp3) is 0.478. The molecule has 1 aliphatic heterocycles.